The van der Waals surface area contributed by atoms with Gasteiger partial charge < -0.3 is 20.3 Å². The quantitative estimate of drug-likeness (QED) is 0.457. The molecule has 182 valence electrons. The third-order valence-electron chi connectivity index (χ3n) is 6.48. The zero-order chi connectivity index (χ0) is 25.1. The van der Waals surface area contributed by atoms with Crippen LogP contribution >= 0.6 is 0 Å². The summed E-state index contributed by atoms with van der Waals surface area (Å²) in [4.78, 5) is 28.0. The molecule has 0 saturated carbocycles. The van der Waals surface area contributed by atoms with Gasteiger partial charge in [0.2, 0.25) is 0 Å². The van der Waals surface area contributed by atoms with Crippen LogP contribution in [-0.4, -0.2) is 52.8 Å². The second-order valence-electron chi connectivity index (χ2n) is 8.88. The first kappa shape index (κ1) is 23.3. The van der Waals surface area contributed by atoms with Crippen LogP contribution in [0.2, 0.25) is 0 Å². The molecule has 1 saturated heterocycles. The third kappa shape index (κ3) is 4.70. The summed E-state index contributed by atoms with van der Waals surface area (Å²) in [6.45, 7) is 4.14. The maximum atomic E-state index is 12.9. The highest BCUT2D eigenvalue weighted by atomic mass is 16.5. The van der Waals surface area contributed by atoms with Gasteiger partial charge in [0.15, 0.2) is 5.82 Å². The number of aromatic nitrogens is 2. The van der Waals surface area contributed by atoms with Crippen LogP contribution in [0, 0.1) is 0 Å². The Morgan fingerprint density at radius 3 is 2.31 bits per heavy atom. The Morgan fingerprint density at radius 1 is 0.917 bits per heavy atom. The minimum Gasteiger partial charge on any atom is -0.445 e. The van der Waals surface area contributed by atoms with E-state index < -0.39 is 6.09 Å². The molecule has 1 atom stereocenters. The number of amides is 2. The van der Waals surface area contributed by atoms with E-state index in [1.165, 1.54) is 0 Å². The number of fused-ring (bicyclic) bond motifs is 1. The van der Waals surface area contributed by atoms with Gasteiger partial charge in [-0.15, -0.1) is 10.2 Å². The lowest BCUT2D eigenvalue weighted by atomic mass is 10.0. The van der Waals surface area contributed by atoms with Crippen molar-refractivity contribution in [2.75, 3.05) is 24.5 Å². The Morgan fingerprint density at radius 2 is 1.61 bits per heavy atom. The molecule has 2 N–H and O–H groups in total. The van der Waals surface area contributed by atoms with Gasteiger partial charge >= 0.3 is 6.09 Å². The summed E-state index contributed by atoms with van der Waals surface area (Å²) < 4.78 is 4.86. The highest BCUT2D eigenvalue weighted by Gasteiger charge is 2.29. The largest absolute Gasteiger partial charge is 0.445 e. The number of carbonyl (C=O) groups excluding carboxylic acids is 2. The fourth-order valence-electron chi connectivity index (χ4n) is 4.65. The predicted octanol–water partition coefficient (Wildman–Crippen LogP) is 4.24. The van der Waals surface area contributed by atoms with Crippen LogP contribution in [-0.2, 0) is 11.3 Å². The van der Waals surface area contributed by atoms with Gasteiger partial charge in [0.25, 0.3) is 5.91 Å². The topological polar surface area (TPSA) is 102 Å². The Hall–Kier alpha value is -4.46. The minimum atomic E-state index is -0.800. The number of anilines is 1. The van der Waals surface area contributed by atoms with Crippen molar-refractivity contribution in [2.45, 2.75) is 19.6 Å². The first-order chi connectivity index (χ1) is 17.5. The number of carbonyl (C=O) groups is 2. The summed E-state index contributed by atoms with van der Waals surface area (Å²) in [7, 11) is 0. The van der Waals surface area contributed by atoms with Gasteiger partial charge in [-0.1, -0.05) is 66.7 Å². The molecule has 3 aromatic carbocycles. The number of benzene rings is 3. The fraction of sp³-hybridized carbons (Fsp3) is 0.214. The van der Waals surface area contributed by atoms with Crippen molar-refractivity contribution in [1.29, 1.82) is 0 Å². The Labute approximate surface area is 209 Å². The SMILES string of the molecule is CC1CN(C(=O)c2ccccc2)CCN1c1nnc(-c2ccc(COC(N)=O)cc2)c2ccccc12. The summed E-state index contributed by atoms with van der Waals surface area (Å²) in [5, 5.41) is 11.3. The maximum absolute atomic E-state index is 12.9. The van der Waals surface area contributed by atoms with Gasteiger partial charge in [-0.05, 0) is 24.6 Å². The van der Waals surface area contributed by atoms with Crippen molar-refractivity contribution >= 4 is 28.6 Å². The predicted molar refractivity (Wildman–Crippen MR) is 138 cm³/mol. The van der Waals surface area contributed by atoms with Gasteiger partial charge in [-0.3, -0.25) is 4.79 Å². The van der Waals surface area contributed by atoms with Crippen LogP contribution in [0.3, 0.4) is 0 Å². The summed E-state index contributed by atoms with van der Waals surface area (Å²) >= 11 is 0. The smallest absolute Gasteiger partial charge is 0.404 e. The van der Waals surface area contributed by atoms with E-state index in [-0.39, 0.29) is 18.6 Å². The second kappa shape index (κ2) is 10.0. The lowest BCUT2D eigenvalue weighted by Gasteiger charge is -2.40. The van der Waals surface area contributed by atoms with Crippen molar-refractivity contribution in [1.82, 2.24) is 15.1 Å². The zero-order valence-electron chi connectivity index (χ0n) is 20.0. The molecule has 1 fully saturated rings. The van der Waals surface area contributed by atoms with Crippen LogP contribution in [0.5, 0.6) is 0 Å². The van der Waals surface area contributed by atoms with Gasteiger partial charge in [0.1, 0.15) is 12.3 Å². The van der Waals surface area contributed by atoms with Crippen LogP contribution in [0.15, 0.2) is 78.9 Å². The molecule has 0 spiro atoms. The van der Waals surface area contributed by atoms with Crippen LogP contribution in [0.1, 0.15) is 22.8 Å². The standard InChI is InChI=1S/C28H27N5O3/c1-19-17-32(27(34)22-7-3-2-4-8-22)15-16-33(19)26-24-10-6-5-9-23(24)25(30-31-26)21-13-11-20(12-14-21)18-36-28(29)35/h2-14,19H,15-18H2,1H3,(H2,29,35). The van der Waals surface area contributed by atoms with Gasteiger partial charge in [-0.25, -0.2) is 4.79 Å². The number of hydrogen-bond donors (Lipinski definition) is 1. The van der Waals surface area contributed by atoms with E-state index in [4.69, 9.17) is 10.5 Å². The number of nitrogens with two attached hydrogens (primary N) is 1. The van der Waals surface area contributed by atoms with E-state index in [9.17, 15) is 9.59 Å². The van der Waals surface area contributed by atoms with E-state index in [2.05, 4.69) is 28.1 Å². The number of ether oxygens (including phenoxy) is 1. The summed E-state index contributed by atoms with van der Waals surface area (Å²) in [5.74, 6) is 0.873. The van der Waals surface area contributed by atoms with Gasteiger partial charge in [0.05, 0.1) is 0 Å². The van der Waals surface area contributed by atoms with E-state index in [0.29, 0.717) is 25.2 Å². The number of piperazine rings is 1. The molecule has 5 rings (SSSR count). The highest BCUT2D eigenvalue weighted by Crippen LogP contribution is 2.33. The fourth-order valence-corrected chi connectivity index (χ4v) is 4.65. The first-order valence-electron chi connectivity index (χ1n) is 11.9. The Kier molecular flexibility index (Phi) is 6.49. The van der Waals surface area contributed by atoms with Crippen LogP contribution in [0.4, 0.5) is 10.6 Å². The Bertz CT molecular complexity index is 1390. The number of primary amides is 1. The van der Waals surface area contributed by atoms with E-state index in [1.54, 1.807) is 0 Å². The molecule has 2 amide bonds. The molecular formula is C28H27N5O3. The van der Waals surface area contributed by atoms with Crippen molar-refractivity contribution in [3.8, 4) is 11.3 Å². The Balaban J connectivity index is 1.39. The molecule has 0 aliphatic carbocycles. The second-order valence-corrected chi connectivity index (χ2v) is 8.88. The molecular weight excluding hydrogens is 454 g/mol. The molecule has 1 aliphatic heterocycles. The van der Waals surface area contributed by atoms with E-state index >= 15 is 0 Å². The summed E-state index contributed by atoms with van der Waals surface area (Å²) in [6.07, 6.45) is -0.800. The van der Waals surface area contributed by atoms with Crippen molar-refractivity contribution in [3.63, 3.8) is 0 Å². The summed E-state index contributed by atoms with van der Waals surface area (Å²) in [5.41, 5.74) is 8.30. The maximum Gasteiger partial charge on any atom is 0.404 e. The average Bonchev–Trinajstić information content (AvgIpc) is 2.92. The van der Waals surface area contributed by atoms with E-state index in [0.717, 1.165) is 33.4 Å². The monoisotopic (exact) mass is 481 g/mol. The lowest BCUT2D eigenvalue weighted by molar-refractivity contribution is 0.0726. The van der Waals surface area contributed by atoms with Crippen LogP contribution < -0.4 is 10.6 Å². The average molecular weight is 482 g/mol. The molecule has 1 unspecified atom stereocenters. The molecule has 4 aromatic rings. The van der Waals surface area contributed by atoms with Crippen molar-refractivity contribution in [3.05, 3.63) is 90.0 Å². The number of nitrogens with zero attached hydrogens (tertiary/aromatic N) is 4. The van der Waals surface area contributed by atoms with Crippen molar-refractivity contribution < 1.29 is 14.3 Å². The van der Waals surface area contributed by atoms with Gasteiger partial charge in [-0.2, -0.15) is 0 Å². The first-order valence-corrected chi connectivity index (χ1v) is 11.9. The molecule has 1 aromatic heterocycles. The third-order valence-corrected chi connectivity index (χ3v) is 6.48. The molecule has 36 heavy (non-hydrogen) atoms. The molecule has 1 aliphatic rings. The minimum absolute atomic E-state index is 0.0538. The lowest BCUT2D eigenvalue weighted by Crippen LogP contribution is -2.54. The zero-order valence-corrected chi connectivity index (χ0v) is 20.0. The number of hydrogen-bond acceptors (Lipinski definition) is 6. The molecule has 8 heteroatoms. The van der Waals surface area contributed by atoms with Crippen molar-refractivity contribution in [2.24, 2.45) is 5.73 Å². The van der Waals surface area contributed by atoms with Gasteiger partial charge in [0, 0.05) is 47.6 Å². The molecule has 8 nitrogen and oxygen atoms in total. The molecule has 0 bridgehead atoms. The summed E-state index contributed by atoms with van der Waals surface area (Å²) in [6, 6.07) is 25.2. The highest BCUT2D eigenvalue weighted by molar-refractivity contribution is 6.00. The van der Waals surface area contributed by atoms with Crippen LogP contribution in [0.25, 0.3) is 22.0 Å². The molecule has 0 radical (unpaired) electrons. The molecule has 2 heterocycles. The number of rotatable bonds is 5. The normalized spacial score (nSPS) is 15.6. The van der Waals surface area contributed by atoms with E-state index in [1.807, 2.05) is 77.7 Å².